The Bertz CT molecular complexity index is 784. The van der Waals surface area contributed by atoms with E-state index in [1.54, 1.807) is 12.1 Å². The fourth-order valence-corrected chi connectivity index (χ4v) is 2.59. The van der Waals surface area contributed by atoms with Gasteiger partial charge >= 0.3 is 5.97 Å². The van der Waals surface area contributed by atoms with E-state index < -0.39 is 12.1 Å². The number of hydrogen-bond donors (Lipinski definition) is 1. The third-order valence-electron chi connectivity index (χ3n) is 4.41. The number of carbonyl (C=O) groups excluding carboxylic acids is 2. The fraction of sp³-hybridized carbons (Fsp3) is 0.333. The molecule has 0 bridgehead atoms. The molecule has 5 heteroatoms. The Morgan fingerprint density at radius 2 is 1.81 bits per heavy atom. The number of carbonyl (C=O) groups is 2. The van der Waals surface area contributed by atoms with E-state index in [0.29, 0.717) is 11.3 Å². The summed E-state index contributed by atoms with van der Waals surface area (Å²) in [6.07, 6.45) is 0.972. The number of nitrogens with one attached hydrogen (secondary N) is 1. The highest BCUT2D eigenvalue weighted by Gasteiger charge is 2.30. The van der Waals surface area contributed by atoms with E-state index in [4.69, 9.17) is 9.47 Å². The summed E-state index contributed by atoms with van der Waals surface area (Å²) in [6.45, 7) is 3.67. The van der Waals surface area contributed by atoms with Crippen molar-refractivity contribution in [2.45, 2.75) is 38.8 Å². The number of esters is 1. The molecule has 136 valence electrons. The average molecular weight is 353 g/mol. The van der Waals surface area contributed by atoms with E-state index in [-0.39, 0.29) is 18.6 Å². The van der Waals surface area contributed by atoms with Gasteiger partial charge in [0, 0.05) is 11.6 Å². The number of ether oxygens (including phenoxy) is 2. The zero-order valence-corrected chi connectivity index (χ0v) is 15.0. The van der Waals surface area contributed by atoms with E-state index in [9.17, 15) is 9.59 Å². The minimum absolute atomic E-state index is 0.193. The van der Waals surface area contributed by atoms with Gasteiger partial charge in [0.2, 0.25) is 6.10 Å². The van der Waals surface area contributed by atoms with Crippen molar-refractivity contribution in [1.82, 2.24) is 5.32 Å². The number of aryl methyl sites for hydroxylation is 1. The number of amides is 1. The van der Waals surface area contributed by atoms with Crippen LogP contribution in [0, 0.1) is 13.8 Å². The largest absolute Gasteiger partial charge is 0.482 e. The van der Waals surface area contributed by atoms with Crippen LogP contribution in [0.3, 0.4) is 0 Å². The Morgan fingerprint density at radius 1 is 1.08 bits per heavy atom. The summed E-state index contributed by atoms with van der Waals surface area (Å²) in [5.74, 6) is -0.231. The normalized spacial score (nSPS) is 14.4. The van der Waals surface area contributed by atoms with E-state index in [1.807, 2.05) is 50.2 Å². The Balaban J connectivity index is 1.64. The summed E-state index contributed by atoms with van der Waals surface area (Å²) in [7, 11) is 0. The minimum Gasteiger partial charge on any atom is -0.482 e. The summed E-state index contributed by atoms with van der Waals surface area (Å²) < 4.78 is 11.0. The van der Waals surface area contributed by atoms with Crippen LogP contribution in [-0.2, 0) is 14.3 Å². The smallest absolute Gasteiger partial charge is 0.345 e. The molecule has 0 radical (unpaired) electrons. The molecule has 1 N–H and O–H groups in total. The van der Waals surface area contributed by atoms with Crippen molar-refractivity contribution in [2.75, 3.05) is 6.61 Å². The summed E-state index contributed by atoms with van der Waals surface area (Å²) >= 11 is 0. The van der Waals surface area contributed by atoms with Crippen molar-refractivity contribution >= 4 is 11.9 Å². The van der Waals surface area contributed by atoms with Gasteiger partial charge in [-0.25, -0.2) is 4.79 Å². The maximum Gasteiger partial charge on any atom is 0.345 e. The number of hydrogen-bond acceptors (Lipinski definition) is 4. The molecule has 0 saturated heterocycles. The van der Waals surface area contributed by atoms with E-state index >= 15 is 0 Å². The second kappa shape index (κ2) is 8.04. The van der Waals surface area contributed by atoms with Gasteiger partial charge in [-0.1, -0.05) is 42.5 Å². The van der Waals surface area contributed by atoms with E-state index in [0.717, 1.165) is 24.0 Å². The summed E-state index contributed by atoms with van der Waals surface area (Å²) in [4.78, 5) is 24.7. The van der Waals surface area contributed by atoms with Crippen molar-refractivity contribution in [3.05, 3.63) is 65.2 Å². The van der Waals surface area contributed by atoms with Crippen LogP contribution in [-0.4, -0.2) is 24.5 Å². The SMILES string of the molecule is Cc1cccc(OCC(=O)O[C@H](C(=O)NC2CC2)c2ccccc2)c1C. The molecule has 0 heterocycles. The minimum atomic E-state index is -0.966. The molecule has 2 aromatic carbocycles. The van der Waals surface area contributed by atoms with Crippen LogP contribution >= 0.6 is 0 Å². The van der Waals surface area contributed by atoms with Crippen LogP contribution in [0.5, 0.6) is 5.75 Å². The summed E-state index contributed by atoms with van der Waals surface area (Å²) in [6, 6.07) is 14.9. The standard InChI is InChI=1S/C21H23NO4/c1-14-7-6-10-18(15(14)2)25-13-19(23)26-20(16-8-4-3-5-9-16)21(24)22-17-11-12-17/h3-10,17,20H,11-13H2,1-2H3,(H,22,24)/t20-/m0/s1. The van der Waals surface area contributed by atoms with Crippen molar-refractivity contribution in [3.8, 4) is 5.75 Å². The van der Waals surface area contributed by atoms with Gasteiger partial charge in [-0.05, 0) is 43.9 Å². The number of benzene rings is 2. The first-order valence-electron chi connectivity index (χ1n) is 8.78. The first kappa shape index (κ1) is 18.0. The molecule has 1 saturated carbocycles. The molecular formula is C21H23NO4. The zero-order valence-electron chi connectivity index (χ0n) is 15.0. The monoisotopic (exact) mass is 353 g/mol. The molecule has 1 atom stereocenters. The second-order valence-electron chi connectivity index (χ2n) is 6.55. The van der Waals surface area contributed by atoms with Gasteiger partial charge in [0.05, 0.1) is 0 Å². The molecule has 0 unspecified atom stereocenters. The molecule has 0 aromatic heterocycles. The predicted molar refractivity (Wildman–Crippen MR) is 97.9 cm³/mol. The Kier molecular flexibility index (Phi) is 5.56. The summed E-state index contributed by atoms with van der Waals surface area (Å²) in [5, 5.41) is 2.89. The summed E-state index contributed by atoms with van der Waals surface area (Å²) in [5.41, 5.74) is 2.71. The van der Waals surface area contributed by atoms with Crippen LogP contribution in [0.2, 0.25) is 0 Å². The molecule has 2 aromatic rings. The lowest BCUT2D eigenvalue weighted by molar-refractivity contribution is -0.158. The molecular weight excluding hydrogens is 330 g/mol. The predicted octanol–water partition coefficient (Wildman–Crippen LogP) is 3.25. The highest BCUT2D eigenvalue weighted by Crippen LogP contribution is 2.24. The van der Waals surface area contributed by atoms with Gasteiger partial charge in [0.1, 0.15) is 5.75 Å². The molecule has 1 aliphatic carbocycles. The van der Waals surface area contributed by atoms with Gasteiger partial charge in [-0.2, -0.15) is 0 Å². The molecule has 3 rings (SSSR count). The lowest BCUT2D eigenvalue weighted by atomic mass is 10.1. The Labute approximate surface area is 153 Å². The van der Waals surface area contributed by atoms with Gasteiger partial charge in [0.25, 0.3) is 5.91 Å². The lowest BCUT2D eigenvalue weighted by Crippen LogP contribution is -2.34. The molecule has 0 aliphatic heterocycles. The molecule has 0 spiro atoms. The second-order valence-corrected chi connectivity index (χ2v) is 6.55. The molecule has 1 aliphatic rings. The van der Waals surface area contributed by atoms with Gasteiger partial charge in [0.15, 0.2) is 6.61 Å². The van der Waals surface area contributed by atoms with Crippen LogP contribution in [0.1, 0.15) is 35.6 Å². The van der Waals surface area contributed by atoms with Crippen molar-refractivity contribution in [1.29, 1.82) is 0 Å². The first-order chi connectivity index (χ1) is 12.5. The average Bonchev–Trinajstić information content (AvgIpc) is 3.45. The van der Waals surface area contributed by atoms with E-state index in [2.05, 4.69) is 5.32 Å². The highest BCUT2D eigenvalue weighted by molar-refractivity contribution is 5.85. The third kappa shape index (κ3) is 4.63. The molecule has 5 nitrogen and oxygen atoms in total. The van der Waals surface area contributed by atoms with Crippen LogP contribution in [0.4, 0.5) is 0 Å². The molecule has 1 amide bonds. The highest BCUT2D eigenvalue weighted by atomic mass is 16.6. The van der Waals surface area contributed by atoms with Gasteiger partial charge in [-0.3, -0.25) is 4.79 Å². The zero-order chi connectivity index (χ0) is 18.5. The maximum absolute atomic E-state index is 12.5. The van der Waals surface area contributed by atoms with Gasteiger partial charge < -0.3 is 14.8 Å². The van der Waals surface area contributed by atoms with Crippen molar-refractivity contribution in [3.63, 3.8) is 0 Å². The van der Waals surface area contributed by atoms with Crippen LogP contribution in [0.15, 0.2) is 48.5 Å². The fourth-order valence-electron chi connectivity index (χ4n) is 2.59. The van der Waals surface area contributed by atoms with Crippen molar-refractivity contribution in [2.24, 2.45) is 0 Å². The first-order valence-corrected chi connectivity index (χ1v) is 8.78. The molecule has 26 heavy (non-hydrogen) atoms. The third-order valence-corrected chi connectivity index (χ3v) is 4.41. The molecule has 1 fully saturated rings. The van der Waals surface area contributed by atoms with Crippen LogP contribution < -0.4 is 10.1 Å². The Morgan fingerprint density at radius 3 is 2.50 bits per heavy atom. The van der Waals surface area contributed by atoms with Gasteiger partial charge in [-0.15, -0.1) is 0 Å². The van der Waals surface area contributed by atoms with Crippen molar-refractivity contribution < 1.29 is 19.1 Å². The maximum atomic E-state index is 12.5. The Hall–Kier alpha value is -2.82. The topological polar surface area (TPSA) is 64.6 Å². The number of rotatable bonds is 7. The quantitative estimate of drug-likeness (QED) is 0.776. The lowest BCUT2D eigenvalue weighted by Gasteiger charge is -2.18. The van der Waals surface area contributed by atoms with E-state index in [1.165, 1.54) is 0 Å². The van der Waals surface area contributed by atoms with Crippen LogP contribution in [0.25, 0.3) is 0 Å².